The van der Waals surface area contributed by atoms with Crippen molar-refractivity contribution in [3.05, 3.63) is 118 Å². The summed E-state index contributed by atoms with van der Waals surface area (Å²) in [5.41, 5.74) is -0.745. The van der Waals surface area contributed by atoms with Gasteiger partial charge in [0.05, 0.1) is 52.2 Å². The van der Waals surface area contributed by atoms with Crippen molar-refractivity contribution in [2.75, 3.05) is 13.7 Å². The van der Waals surface area contributed by atoms with Crippen LogP contribution in [-0.4, -0.2) is 35.3 Å². The summed E-state index contributed by atoms with van der Waals surface area (Å²) in [7, 11) is 1.49. The number of esters is 1. The van der Waals surface area contributed by atoms with Gasteiger partial charge < -0.3 is 18.9 Å². The van der Waals surface area contributed by atoms with E-state index in [-0.39, 0.29) is 29.8 Å². The number of halogens is 3. The molecule has 1 aromatic heterocycles. The van der Waals surface area contributed by atoms with Crippen LogP contribution in [0.3, 0.4) is 0 Å². The summed E-state index contributed by atoms with van der Waals surface area (Å²) >= 11 is 1.11. The molecule has 5 rings (SSSR count). The van der Waals surface area contributed by atoms with E-state index in [0.717, 1.165) is 17.4 Å². The molecular formula is C34H30F3N3O8S. The van der Waals surface area contributed by atoms with Crippen LogP contribution in [0.2, 0.25) is 0 Å². The van der Waals surface area contributed by atoms with E-state index in [1.54, 1.807) is 50.3 Å². The van der Waals surface area contributed by atoms with Gasteiger partial charge in [0.2, 0.25) is 5.75 Å². The molecule has 3 aromatic carbocycles. The number of rotatable bonds is 10. The number of carbonyl (C=O) groups excluding carboxylic acids is 1. The number of allylic oxidation sites excluding steroid dienone is 1. The molecule has 49 heavy (non-hydrogen) atoms. The van der Waals surface area contributed by atoms with Gasteiger partial charge in [-0.3, -0.25) is 19.5 Å². The summed E-state index contributed by atoms with van der Waals surface area (Å²) in [4.78, 5) is 42.7. The van der Waals surface area contributed by atoms with Gasteiger partial charge in [-0.1, -0.05) is 29.5 Å². The van der Waals surface area contributed by atoms with E-state index in [2.05, 4.69) is 4.99 Å². The molecule has 0 fully saturated rings. The van der Waals surface area contributed by atoms with Gasteiger partial charge in [-0.25, -0.2) is 9.79 Å². The van der Waals surface area contributed by atoms with E-state index < -0.39 is 39.9 Å². The van der Waals surface area contributed by atoms with Gasteiger partial charge in [-0.2, -0.15) is 13.2 Å². The van der Waals surface area contributed by atoms with Crippen LogP contribution in [0.15, 0.2) is 81.7 Å². The maximum atomic E-state index is 14.0. The lowest BCUT2D eigenvalue weighted by Gasteiger charge is -2.25. The van der Waals surface area contributed by atoms with Gasteiger partial charge in [0.15, 0.2) is 16.3 Å². The molecule has 0 aliphatic carbocycles. The number of hydrogen-bond acceptors (Lipinski definition) is 10. The summed E-state index contributed by atoms with van der Waals surface area (Å²) in [5, 5.41) is 11.4. The monoisotopic (exact) mass is 697 g/mol. The Balaban J connectivity index is 1.53. The molecule has 2 heterocycles. The van der Waals surface area contributed by atoms with Crippen molar-refractivity contribution >= 4 is 29.1 Å². The molecule has 0 bridgehead atoms. The largest absolute Gasteiger partial charge is 0.493 e. The van der Waals surface area contributed by atoms with Gasteiger partial charge in [-0.15, -0.1) is 0 Å². The lowest BCUT2D eigenvalue weighted by atomic mass is 9.95. The minimum atomic E-state index is -4.76. The highest BCUT2D eigenvalue weighted by Gasteiger charge is 2.35. The van der Waals surface area contributed by atoms with Crippen molar-refractivity contribution in [2.45, 2.75) is 46.0 Å². The van der Waals surface area contributed by atoms with Crippen LogP contribution in [0.4, 0.5) is 18.9 Å². The topological polar surface area (TPSA) is 131 Å². The van der Waals surface area contributed by atoms with E-state index in [1.165, 1.54) is 23.8 Å². The summed E-state index contributed by atoms with van der Waals surface area (Å²) in [6.07, 6.45) is -3.28. The molecule has 0 unspecified atom stereocenters. The Morgan fingerprint density at radius 3 is 2.39 bits per heavy atom. The summed E-state index contributed by atoms with van der Waals surface area (Å²) in [6, 6.07) is 12.4. The second kappa shape index (κ2) is 14.0. The third kappa shape index (κ3) is 7.36. The summed E-state index contributed by atoms with van der Waals surface area (Å²) in [6.45, 7) is 7.22. The van der Waals surface area contributed by atoms with Crippen molar-refractivity contribution in [3.8, 4) is 23.0 Å². The van der Waals surface area contributed by atoms with Crippen molar-refractivity contribution in [1.82, 2.24) is 4.57 Å². The number of aromatic nitrogens is 1. The first-order chi connectivity index (χ1) is 23.2. The zero-order valence-electron chi connectivity index (χ0n) is 26.9. The van der Waals surface area contributed by atoms with Gasteiger partial charge in [0.1, 0.15) is 5.75 Å². The zero-order chi connectivity index (χ0) is 35.6. The molecule has 1 aliphatic rings. The molecule has 1 atom stereocenters. The van der Waals surface area contributed by atoms with E-state index in [9.17, 15) is 32.9 Å². The maximum Gasteiger partial charge on any atom is 0.416 e. The minimum absolute atomic E-state index is 0.114. The molecule has 1 aliphatic heterocycles. The number of benzene rings is 3. The molecule has 0 saturated carbocycles. The number of hydrogen-bond donors (Lipinski definition) is 0. The number of methoxy groups -OCH3 is 1. The highest BCUT2D eigenvalue weighted by atomic mass is 32.1. The van der Waals surface area contributed by atoms with E-state index in [0.29, 0.717) is 49.8 Å². The van der Waals surface area contributed by atoms with Crippen LogP contribution in [0.1, 0.15) is 50.4 Å². The molecule has 0 radical (unpaired) electrons. The molecule has 256 valence electrons. The number of nitro benzene ring substituents is 1. The Kier molecular flexibility index (Phi) is 9.94. The third-order valence-electron chi connectivity index (χ3n) is 7.27. The van der Waals surface area contributed by atoms with Crippen LogP contribution in [0.25, 0.3) is 6.08 Å². The Morgan fingerprint density at radius 2 is 1.78 bits per heavy atom. The Bertz CT molecular complexity index is 2140. The van der Waals surface area contributed by atoms with Gasteiger partial charge in [-0.05, 0) is 81.3 Å². The van der Waals surface area contributed by atoms with Crippen molar-refractivity contribution in [1.29, 1.82) is 0 Å². The van der Waals surface area contributed by atoms with Gasteiger partial charge in [0.25, 0.3) is 5.56 Å². The van der Waals surface area contributed by atoms with E-state index in [4.69, 9.17) is 18.9 Å². The normalized spacial score (nSPS) is 14.7. The van der Waals surface area contributed by atoms with Crippen LogP contribution in [0, 0.1) is 10.1 Å². The molecule has 0 spiro atoms. The lowest BCUT2D eigenvalue weighted by molar-refractivity contribution is -0.385. The third-order valence-corrected chi connectivity index (χ3v) is 8.25. The molecule has 0 saturated heterocycles. The zero-order valence-corrected chi connectivity index (χ0v) is 27.7. The number of alkyl halides is 3. The highest BCUT2D eigenvalue weighted by molar-refractivity contribution is 7.07. The fraction of sp³-hybridized carbons (Fsp3) is 0.265. The quantitative estimate of drug-likeness (QED) is 0.107. The predicted octanol–water partition coefficient (Wildman–Crippen LogP) is 6.31. The predicted molar refractivity (Wildman–Crippen MR) is 174 cm³/mol. The summed E-state index contributed by atoms with van der Waals surface area (Å²) in [5.74, 6) is 0.0400. The van der Waals surface area contributed by atoms with Crippen LogP contribution in [0.5, 0.6) is 23.0 Å². The first-order valence-electron chi connectivity index (χ1n) is 14.9. The molecule has 4 aromatic rings. The smallest absolute Gasteiger partial charge is 0.416 e. The Hall–Kier alpha value is -5.44. The van der Waals surface area contributed by atoms with Crippen LogP contribution >= 0.6 is 11.3 Å². The average molecular weight is 698 g/mol. The SMILES string of the molecule is CCOC(=O)C1=C(C)N=c2s/c(=C\c3ccc(Oc4ccc(C(F)(F)F)cc4[N+](=O)[O-])cc3)c(=O)n2[C@@H]1c1ccc(OC(C)C)c(OC)c1. The number of thiazole rings is 1. The van der Waals surface area contributed by atoms with Crippen LogP contribution in [-0.2, 0) is 15.7 Å². The summed E-state index contributed by atoms with van der Waals surface area (Å²) < 4.78 is 63.3. The number of nitrogens with zero attached hydrogens (tertiary/aromatic N) is 3. The first kappa shape index (κ1) is 34.9. The molecule has 0 amide bonds. The number of ether oxygens (including phenoxy) is 4. The van der Waals surface area contributed by atoms with Crippen molar-refractivity contribution in [2.24, 2.45) is 4.99 Å². The second-order valence-electron chi connectivity index (χ2n) is 11.0. The van der Waals surface area contributed by atoms with Gasteiger partial charge >= 0.3 is 17.8 Å². The van der Waals surface area contributed by atoms with E-state index >= 15 is 0 Å². The second-order valence-corrected chi connectivity index (χ2v) is 12.0. The fourth-order valence-electron chi connectivity index (χ4n) is 5.15. The Labute approximate surface area is 281 Å². The number of fused-ring (bicyclic) bond motifs is 1. The standard InChI is InChI=1S/C34H30F3N3O8S/c1-6-46-32(42)29-19(4)38-33-39(30(29)21-9-13-26(47-18(2)3)27(16-21)45-5)31(41)28(49-33)15-20-7-11-23(12-8-20)48-25-14-10-22(34(35,36)37)17-24(25)40(43)44/h7-18,30H,6H2,1-5H3/b28-15-/t30-/m1/s1. The molecule has 11 nitrogen and oxygen atoms in total. The highest BCUT2D eigenvalue weighted by Crippen LogP contribution is 2.39. The number of carbonyl (C=O) groups is 1. The Morgan fingerprint density at radius 1 is 1.08 bits per heavy atom. The fourth-order valence-corrected chi connectivity index (χ4v) is 6.19. The molecule has 0 N–H and O–H groups in total. The molecular weight excluding hydrogens is 667 g/mol. The maximum absolute atomic E-state index is 14.0. The first-order valence-corrected chi connectivity index (χ1v) is 15.7. The molecule has 15 heteroatoms. The van der Waals surface area contributed by atoms with Crippen molar-refractivity contribution in [3.63, 3.8) is 0 Å². The van der Waals surface area contributed by atoms with Crippen LogP contribution < -0.4 is 29.1 Å². The average Bonchev–Trinajstić information content (AvgIpc) is 3.34. The van der Waals surface area contributed by atoms with Crippen molar-refractivity contribution < 1.29 is 41.8 Å². The minimum Gasteiger partial charge on any atom is -0.493 e. The lowest BCUT2D eigenvalue weighted by Crippen LogP contribution is -2.40. The number of nitro groups is 1. The van der Waals surface area contributed by atoms with Gasteiger partial charge in [0, 0.05) is 6.07 Å². The van der Waals surface area contributed by atoms with E-state index in [1.807, 2.05) is 13.8 Å².